The summed E-state index contributed by atoms with van der Waals surface area (Å²) in [6, 6.07) is -2.15. The molecule has 130 valence electrons. The fraction of sp³-hybridized carbons (Fsp3) is 0.750. The first-order chi connectivity index (χ1) is 10.8. The summed E-state index contributed by atoms with van der Waals surface area (Å²) in [6.07, 6.45) is 1.38. The summed E-state index contributed by atoms with van der Waals surface area (Å²) in [4.78, 5) is 24.5. The molecule has 2 aliphatic rings. The summed E-state index contributed by atoms with van der Waals surface area (Å²) < 4.78 is 39.7. The topological polar surface area (TPSA) is 49.4 Å². The van der Waals surface area contributed by atoms with Gasteiger partial charge in [-0.25, -0.2) is 0 Å². The zero-order valence-corrected chi connectivity index (χ0v) is 13.3. The molecule has 1 heterocycles. The van der Waals surface area contributed by atoms with Gasteiger partial charge in [0.2, 0.25) is 11.8 Å². The van der Waals surface area contributed by atoms with Crippen molar-refractivity contribution in [2.45, 2.75) is 70.1 Å². The Morgan fingerprint density at radius 2 is 2.04 bits per heavy atom. The van der Waals surface area contributed by atoms with Gasteiger partial charge in [-0.05, 0) is 38.5 Å². The number of rotatable bonds is 3. The minimum atomic E-state index is -4.43. The van der Waals surface area contributed by atoms with Gasteiger partial charge in [-0.2, -0.15) is 13.2 Å². The predicted octanol–water partition coefficient (Wildman–Crippen LogP) is 2.93. The van der Waals surface area contributed by atoms with Crippen molar-refractivity contribution < 1.29 is 22.8 Å². The number of hydrogen-bond acceptors (Lipinski definition) is 2. The van der Waals surface area contributed by atoms with Crippen molar-refractivity contribution in [1.82, 2.24) is 10.2 Å². The molecule has 23 heavy (non-hydrogen) atoms. The normalized spacial score (nSPS) is 25.7. The molecular weight excluding hydrogens is 309 g/mol. The Morgan fingerprint density at radius 1 is 1.30 bits per heavy atom. The van der Waals surface area contributed by atoms with Crippen molar-refractivity contribution in [3.63, 3.8) is 0 Å². The van der Waals surface area contributed by atoms with Crippen LogP contribution in [-0.4, -0.2) is 41.5 Å². The van der Waals surface area contributed by atoms with Crippen molar-refractivity contribution in [2.24, 2.45) is 0 Å². The van der Waals surface area contributed by atoms with Crippen molar-refractivity contribution in [3.05, 3.63) is 11.6 Å². The summed E-state index contributed by atoms with van der Waals surface area (Å²) in [5.41, 5.74) is 0.934. The van der Waals surface area contributed by atoms with Gasteiger partial charge in [0.05, 0.1) is 0 Å². The van der Waals surface area contributed by atoms with Crippen LogP contribution in [0.1, 0.15) is 51.9 Å². The largest absolute Gasteiger partial charge is 0.408 e. The van der Waals surface area contributed by atoms with E-state index >= 15 is 0 Å². The molecule has 2 amide bonds. The van der Waals surface area contributed by atoms with E-state index in [0.717, 1.165) is 36.2 Å². The van der Waals surface area contributed by atoms with E-state index in [2.05, 4.69) is 5.32 Å². The first kappa shape index (κ1) is 17.8. The minimum Gasteiger partial charge on any atom is -0.352 e. The zero-order valence-electron chi connectivity index (χ0n) is 13.3. The van der Waals surface area contributed by atoms with E-state index in [-0.39, 0.29) is 31.7 Å². The van der Waals surface area contributed by atoms with Gasteiger partial charge >= 0.3 is 6.18 Å². The number of piperidine rings is 1. The lowest BCUT2D eigenvalue weighted by Gasteiger charge is -2.40. The minimum absolute atomic E-state index is 0.0549. The molecule has 1 aliphatic carbocycles. The van der Waals surface area contributed by atoms with Crippen LogP contribution in [0.5, 0.6) is 0 Å². The Morgan fingerprint density at radius 3 is 2.61 bits per heavy atom. The lowest BCUT2D eigenvalue weighted by atomic mass is 9.94. The van der Waals surface area contributed by atoms with Gasteiger partial charge in [-0.3, -0.25) is 9.59 Å². The van der Waals surface area contributed by atoms with E-state index in [1.54, 1.807) is 0 Å². The van der Waals surface area contributed by atoms with Gasteiger partial charge in [-0.15, -0.1) is 0 Å². The van der Waals surface area contributed by atoms with Crippen LogP contribution < -0.4 is 5.32 Å². The van der Waals surface area contributed by atoms with Crippen LogP contribution in [0, 0.1) is 0 Å². The standard InChI is InChI=1S/C16H23F3N2O2/c1-11(22)20-13-7-8-14(16(17,18)19)21(10-13)15(23)9-12-5-3-2-4-6-12/h5,13-14H,2-4,6-10H2,1H3,(H,20,22)/t13-,14+/m1/s1. The SMILES string of the molecule is CC(=O)N[C@@H]1CC[C@@H](C(F)(F)F)N(C(=O)CC2=CCCCC2)C1. The second-order valence-electron chi connectivity index (χ2n) is 6.36. The molecule has 2 rings (SSSR count). The smallest absolute Gasteiger partial charge is 0.352 e. The maximum Gasteiger partial charge on any atom is 0.408 e. The van der Waals surface area contributed by atoms with Crippen LogP contribution in [0.15, 0.2) is 11.6 Å². The van der Waals surface area contributed by atoms with Crippen LogP contribution >= 0.6 is 0 Å². The van der Waals surface area contributed by atoms with E-state index in [4.69, 9.17) is 0 Å². The molecule has 1 N–H and O–H groups in total. The molecule has 2 atom stereocenters. The third-order valence-corrected chi connectivity index (χ3v) is 4.45. The van der Waals surface area contributed by atoms with Crippen molar-refractivity contribution >= 4 is 11.8 Å². The zero-order chi connectivity index (χ0) is 17.0. The summed E-state index contributed by atoms with van der Waals surface area (Å²) >= 11 is 0. The Bertz CT molecular complexity index is 488. The fourth-order valence-corrected chi connectivity index (χ4v) is 3.35. The fourth-order valence-electron chi connectivity index (χ4n) is 3.35. The molecular formula is C16H23F3N2O2. The molecule has 4 nitrogen and oxygen atoms in total. The predicted molar refractivity (Wildman–Crippen MR) is 79.6 cm³/mol. The second kappa shape index (κ2) is 7.36. The number of allylic oxidation sites excluding steroid dienone is 1. The van der Waals surface area contributed by atoms with Crippen LogP contribution in [0.4, 0.5) is 13.2 Å². The monoisotopic (exact) mass is 332 g/mol. The van der Waals surface area contributed by atoms with Crippen molar-refractivity contribution in [3.8, 4) is 0 Å². The molecule has 0 bridgehead atoms. The third kappa shape index (κ3) is 4.97. The Balaban J connectivity index is 2.08. The van der Waals surface area contributed by atoms with Gasteiger partial charge in [-0.1, -0.05) is 11.6 Å². The number of carbonyl (C=O) groups is 2. The summed E-state index contributed by atoms with van der Waals surface area (Å²) in [5, 5.41) is 2.63. The molecule has 1 aliphatic heterocycles. The molecule has 1 saturated heterocycles. The van der Waals surface area contributed by atoms with E-state index in [1.165, 1.54) is 6.92 Å². The Labute approximate surface area is 134 Å². The van der Waals surface area contributed by atoms with Crippen LogP contribution in [0.2, 0.25) is 0 Å². The van der Waals surface area contributed by atoms with Crippen LogP contribution in [-0.2, 0) is 9.59 Å². The molecule has 0 radical (unpaired) electrons. The van der Waals surface area contributed by atoms with E-state index in [9.17, 15) is 22.8 Å². The average Bonchev–Trinajstić information content (AvgIpc) is 2.46. The first-order valence-electron chi connectivity index (χ1n) is 8.08. The molecule has 0 aromatic rings. The summed E-state index contributed by atoms with van der Waals surface area (Å²) in [7, 11) is 0. The third-order valence-electron chi connectivity index (χ3n) is 4.45. The summed E-state index contributed by atoms with van der Waals surface area (Å²) in [5.74, 6) is -0.779. The van der Waals surface area contributed by atoms with Gasteiger partial charge < -0.3 is 10.2 Å². The number of alkyl halides is 3. The van der Waals surface area contributed by atoms with Crippen LogP contribution in [0.3, 0.4) is 0 Å². The molecule has 1 fully saturated rings. The van der Waals surface area contributed by atoms with Crippen molar-refractivity contribution in [1.29, 1.82) is 0 Å². The van der Waals surface area contributed by atoms with Gasteiger partial charge in [0.1, 0.15) is 6.04 Å². The van der Waals surface area contributed by atoms with E-state index in [1.807, 2.05) is 6.08 Å². The Kier molecular flexibility index (Phi) is 5.70. The number of amides is 2. The van der Waals surface area contributed by atoms with Gasteiger partial charge in [0.15, 0.2) is 0 Å². The highest BCUT2D eigenvalue weighted by atomic mass is 19.4. The highest BCUT2D eigenvalue weighted by molar-refractivity contribution is 5.79. The van der Waals surface area contributed by atoms with E-state index in [0.29, 0.717) is 0 Å². The number of carbonyl (C=O) groups excluding carboxylic acids is 2. The second-order valence-corrected chi connectivity index (χ2v) is 6.36. The molecule has 0 aromatic carbocycles. The average molecular weight is 332 g/mol. The highest BCUT2D eigenvalue weighted by Crippen LogP contribution is 2.33. The molecule has 7 heteroatoms. The van der Waals surface area contributed by atoms with Crippen LogP contribution in [0.25, 0.3) is 0 Å². The molecule has 0 aromatic heterocycles. The number of nitrogens with zero attached hydrogens (tertiary/aromatic N) is 1. The number of nitrogens with one attached hydrogen (secondary N) is 1. The number of hydrogen-bond donors (Lipinski definition) is 1. The summed E-state index contributed by atoms with van der Waals surface area (Å²) in [6.45, 7) is 1.25. The molecule has 0 saturated carbocycles. The maximum atomic E-state index is 13.2. The van der Waals surface area contributed by atoms with Gasteiger partial charge in [0.25, 0.3) is 0 Å². The van der Waals surface area contributed by atoms with Gasteiger partial charge in [0, 0.05) is 25.9 Å². The van der Waals surface area contributed by atoms with E-state index < -0.39 is 24.2 Å². The lowest BCUT2D eigenvalue weighted by Crippen LogP contribution is -2.58. The highest BCUT2D eigenvalue weighted by Gasteiger charge is 2.48. The number of likely N-dealkylation sites (tertiary alicyclic amines) is 1. The molecule has 0 unspecified atom stereocenters. The lowest BCUT2D eigenvalue weighted by molar-refractivity contribution is -0.197. The Hall–Kier alpha value is -1.53. The maximum absolute atomic E-state index is 13.2. The number of halogens is 3. The van der Waals surface area contributed by atoms with Crippen molar-refractivity contribution in [2.75, 3.05) is 6.54 Å². The first-order valence-corrected chi connectivity index (χ1v) is 8.08. The molecule has 0 spiro atoms. The quantitative estimate of drug-likeness (QED) is 0.808.